The van der Waals surface area contributed by atoms with Crippen LogP contribution in [0.4, 0.5) is 0 Å². The van der Waals surface area contributed by atoms with E-state index in [0.29, 0.717) is 5.56 Å². The van der Waals surface area contributed by atoms with Crippen molar-refractivity contribution in [1.82, 2.24) is 0 Å². The number of hydrogen-bond donors (Lipinski definition) is 0. The lowest BCUT2D eigenvalue weighted by atomic mass is 10.0. The topological polar surface area (TPSA) is 40.8 Å². The fourth-order valence-electron chi connectivity index (χ4n) is 4.73. The van der Waals surface area contributed by atoms with E-state index in [-0.39, 0.29) is 0 Å². The Morgan fingerprint density at radius 1 is 0.750 bits per heavy atom. The smallest absolute Gasteiger partial charge is 0.216 e. The maximum Gasteiger partial charge on any atom is 0.216 e. The molecular weight excluding hydrogens is 460 g/mol. The quantitative estimate of drug-likeness (QED) is 0.238. The maximum atomic E-state index is 9.93. The molecule has 4 aromatic carbocycles. The lowest BCUT2D eigenvalue weighted by molar-refractivity contribution is -0.660. The summed E-state index contributed by atoms with van der Waals surface area (Å²) >= 11 is 1.57. The maximum absolute atomic E-state index is 9.93. The Balaban J connectivity index is 1.51. The highest BCUT2D eigenvalue weighted by molar-refractivity contribution is 7.99. The summed E-state index contributed by atoms with van der Waals surface area (Å²) in [5.41, 5.74) is 7.88. The van der Waals surface area contributed by atoms with Crippen LogP contribution in [0.15, 0.2) is 117 Å². The number of nitriles is 1. The minimum atomic E-state index is 0.613. The molecule has 36 heavy (non-hydrogen) atoms. The number of hydrogen-bond acceptors (Lipinski definition) is 3. The third-order valence-corrected chi connectivity index (χ3v) is 7.70. The number of aromatic nitrogens is 1. The number of rotatable bonds is 4. The molecule has 0 fully saturated rings. The summed E-state index contributed by atoms with van der Waals surface area (Å²) in [5.74, 6) is 0. The van der Waals surface area contributed by atoms with Crippen molar-refractivity contribution < 1.29 is 8.98 Å². The normalized spacial score (nSPS) is 11.1. The molecule has 0 aliphatic heterocycles. The Hall–Kier alpha value is -4.33. The second kappa shape index (κ2) is 9.03. The Labute approximate surface area is 214 Å². The van der Waals surface area contributed by atoms with E-state index in [1.165, 1.54) is 11.1 Å². The number of fused-ring (bicyclic) bond motifs is 3. The van der Waals surface area contributed by atoms with E-state index in [2.05, 4.69) is 72.2 Å². The van der Waals surface area contributed by atoms with Crippen molar-refractivity contribution in [3.63, 3.8) is 0 Å². The standard InChI is InChI=1S/C32H23N2OS/c1-21-11-17-26-27-18-14-24(20-33)32(31(27)35-30(26)29(21)28-10-6-7-19-34(28)2)36-25-15-12-23(13-16-25)22-8-4-3-5-9-22/h3-19H,1-2H3/q+1. The van der Waals surface area contributed by atoms with E-state index >= 15 is 0 Å². The van der Waals surface area contributed by atoms with Crippen molar-refractivity contribution >= 4 is 33.7 Å². The van der Waals surface area contributed by atoms with Gasteiger partial charge in [0.1, 0.15) is 18.7 Å². The first-order valence-electron chi connectivity index (χ1n) is 11.8. The molecule has 172 valence electrons. The van der Waals surface area contributed by atoms with E-state index in [4.69, 9.17) is 4.42 Å². The van der Waals surface area contributed by atoms with Gasteiger partial charge in [0.25, 0.3) is 0 Å². The molecule has 0 spiro atoms. The third kappa shape index (κ3) is 3.75. The summed E-state index contributed by atoms with van der Waals surface area (Å²) in [5, 5.41) is 12.0. The van der Waals surface area contributed by atoms with Crippen LogP contribution in [0.3, 0.4) is 0 Å². The zero-order chi connectivity index (χ0) is 24.6. The molecule has 2 aromatic heterocycles. The van der Waals surface area contributed by atoms with Gasteiger partial charge in [0.05, 0.1) is 16.0 Å². The summed E-state index contributed by atoms with van der Waals surface area (Å²) in [6, 6.07) is 35.5. The van der Waals surface area contributed by atoms with E-state index < -0.39 is 0 Å². The minimum absolute atomic E-state index is 0.613. The first kappa shape index (κ1) is 22.2. The summed E-state index contributed by atoms with van der Waals surface area (Å²) in [6.45, 7) is 2.11. The molecule has 0 unspecified atom stereocenters. The second-order valence-corrected chi connectivity index (χ2v) is 9.94. The van der Waals surface area contributed by atoms with Gasteiger partial charge in [-0.25, -0.2) is 4.57 Å². The average molecular weight is 484 g/mol. The molecule has 6 rings (SSSR count). The lowest BCUT2D eigenvalue weighted by Crippen LogP contribution is -2.30. The van der Waals surface area contributed by atoms with Crippen LogP contribution in [0.5, 0.6) is 0 Å². The van der Waals surface area contributed by atoms with E-state index in [9.17, 15) is 5.26 Å². The van der Waals surface area contributed by atoms with Gasteiger partial charge in [-0.1, -0.05) is 66.4 Å². The highest BCUT2D eigenvalue weighted by atomic mass is 32.2. The van der Waals surface area contributed by atoms with Gasteiger partial charge in [-0.05, 0) is 53.9 Å². The van der Waals surface area contributed by atoms with Crippen LogP contribution in [0, 0.1) is 18.3 Å². The molecular formula is C32H23N2OS+. The monoisotopic (exact) mass is 483 g/mol. The summed E-state index contributed by atoms with van der Waals surface area (Å²) in [6.07, 6.45) is 2.05. The van der Waals surface area contributed by atoms with E-state index in [0.717, 1.165) is 48.6 Å². The number of benzene rings is 4. The highest BCUT2D eigenvalue weighted by Crippen LogP contribution is 2.43. The predicted octanol–water partition coefficient (Wildman–Crippen LogP) is 8.08. The van der Waals surface area contributed by atoms with Gasteiger partial charge in [0.2, 0.25) is 5.69 Å². The fraction of sp³-hybridized carbons (Fsp3) is 0.0625. The van der Waals surface area contributed by atoms with Crippen LogP contribution in [0.1, 0.15) is 11.1 Å². The lowest BCUT2D eigenvalue weighted by Gasteiger charge is -2.07. The molecule has 0 N–H and O–H groups in total. The van der Waals surface area contributed by atoms with E-state index in [1.807, 2.05) is 55.7 Å². The Bertz CT molecular complexity index is 1780. The molecule has 0 saturated heterocycles. The van der Waals surface area contributed by atoms with Crippen LogP contribution >= 0.6 is 11.8 Å². The van der Waals surface area contributed by atoms with Gasteiger partial charge in [-0.15, -0.1) is 0 Å². The number of pyridine rings is 1. The third-order valence-electron chi connectivity index (χ3n) is 6.59. The molecule has 0 amide bonds. The molecule has 6 aromatic rings. The van der Waals surface area contributed by atoms with Gasteiger partial charge in [0, 0.05) is 27.8 Å². The van der Waals surface area contributed by atoms with Crippen LogP contribution in [-0.2, 0) is 7.05 Å². The summed E-state index contributed by atoms with van der Waals surface area (Å²) < 4.78 is 8.74. The van der Waals surface area contributed by atoms with Crippen molar-refractivity contribution in [1.29, 1.82) is 5.26 Å². The molecule has 0 atom stereocenters. The second-order valence-electron chi connectivity index (χ2n) is 8.86. The van der Waals surface area contributed by atoms with Crippen LogP contribution in [0.2, 0.25) is 0 Å². The Morgan fingerprint density at radius 2 is 1.44 bits per heavy atom. The molecule has 4 heteroatoms. The SMILES string of the molecule is Cc1ccc2c(oc3c(Sc4ccc(-c5ccccc5)cc4)c(C#N)ccc32)c1-c1cccc[n+]1C. The largest absolute Gasteiger partial charge is 0.454 e. The van der Waals surface area contributed by atoms with Crippen LogP contribution in [0.25, 0.3) is 44.3 Å². The molecule has 0 aliphatic rings. The van der Waals surface area contributed by atoms with Crippen molar-refractivity contribution in [3.05, 3.63) is 114 Å². The molecule has 2 heterocycles. The van der Waals surface area contributed by atoms with Crippen molar-refractivity contribution in [3.8, 4) is 28.5 Å². The van der Waals surface area contributed by atoms with Crippen molar-refractivity contribution in [2.75, 3.05) is 0 Å². The van der Waals surface area contributed by atoms with Crippen molar-refractivity contribution in [2.24, 2.45) is 7.05 Å². The zero-order valence-corrected chi connectivity index (χ0v) is 20.8. The zero-order valence-electron chi connectivity index (χ0n) is 20.0. The summed E-state index contributed by atoms with van der Waals surface area (Å²) in [4.78, 5) is 1.91. The molecule has 0 bridgehead atoms. The van der Waals surface area contributed by atoms with Gasteiger partial charge < -0.3 is 4.42 Å². The number of aryl methyl sites for hydroxylation is 2. The minimum Gasteiger partial charge on any atom is -0.454 e. The van der Waals surface area contributed by atoms with Crippen LogP contribution in [-0.4, -0.2) is 0 Å². The first-order valence-corrected chi connectivity index (χ1v) is 12.6. The first-order chi connectivity index (χ1) is 17.6. The number of furan rings is 1. The van der Waals surface area contributed by atoms with Crippen molar-refractivity contribution in [2.45, 2.75) is 16.7 Å². The molecule has 0 aliphatic carbocycles. The van der Waals surface area contributed by atoms with Crippen LogP contribution < -0.4 is 4.57 Å². The number of nitrogens with zero attached hydrogens (tertiary/aromatic N) is 2. The fourth-order valence-corrected chi connectivity index (χ4v) is 5.71. The summed E-state index contributed by atoms with van der Waals surface area (Å²) in [7, 11) is 2.05. The Kier molecular flexibility index (Phi) is 5.56. The predicted molar refractivity (Wildman–Crippen MR) is 146 cm³/mol. The molecule has 0 radical (unpaired) electrons. The molecule has 3 nitrogen and oxygen atoms in total. The van der Waals surface area contributed by atoms with Gasteiger partial charge in [0.15, 0.2) is 11.8 Å². The Morgan fingerprint density at radius 3 is 2.19 bits per heavy atom. The average Bonchev–Trinajstić information content (AvgIpc) is 3.29. The van der Waals surface area contributed by atoms with Gasteiger partial charge >= 0.3 is 0 Å². The van der Waals surface area contributed by atoms with E-state index in [1.54, 1.807) is 11.8 Å². The highest BCUT2D eigenvalue weighted by Gasteiger charge is 2.22. The molecule has 0 saturated carbocycles. The van der Waals surface area contributed by atoms with Gasteiger partial charge in [-0.2, -0.15) is 5.26 Å². The van der Waals surface area contributed by atoms with Gasteiger partial charge in [-0.3, -0.25) is 0 Å².